The van der Waals surface area contributed by atoms with Crippen LogP contribution in [0.4, 0.5) is 4.39 Å². The van der Waals surface area contributed by atoms with Crippen molar-refractivity contribution in [3.05, 3.63) is 40.7 Å². The molecule has 1 aliphatic heterocycles. The third-order valence-corrected chi connectivity index (χ3v) is 6.73. The van der Waals surface area contributed by atoms with Gasteiger partial charge in [0.05, 0.1) is 10.6 Å². The van der Waals surface area contributed by atoms with Crippen molar-refractivity contribution in [1.82, 2.24) is 18.8 Å². The Labute approximate surface area is 149 Å². The van der Waals surface area contributed by atoms with E-state index in [1.807, 2.05) is 6.92 Å². The van der Waals surface area contributed by atoms with Crippen molar-refractivity contribution in [2.75, 3.05) is 26.2 Å². The first-order valence-corrected chi connectivity index (χ1v) is 10.0. The first kappa shape index (κ1) is 17.9. The molecule has 0 saturated carbocycles. The second-order valence-electron chi connectivity index (χ2n) is 5.55. The SMILES string of the molecule is CCc1nnsc1C(=O)N1CCN(S(=O)(=O)c2ccc(F)cc2)CC1. The zero-order valence-corrected chi connectivity index (χ0v) is 15.2. The van der Waals surface area contributed by atoms with Crippen molar-refractivity contribution in [3.8, 4) is 0 Å². The standard InChI is InChI=1S/C15H17FN4O3S2/c1-2-13-14(24-18-17-13)15(21)19-7-9-20(10-8-19)25(22,23)12-5-3-11(16)4-6-12/h3-6H,2,7-10H2,1H3. The highest BCUT2D eigenvalue weighted by molar-refractivity contribution is 7.89. The number of piperazine rings is 1. The minimum absolute atomic E-state index is 0.0496. The summed E-state index contributed by atoms with van der Waals surface area (Å²) in [6, 6.07) is 4.74. The zero-order valence-electron chi connectivity index (χ0n) is 13.6. The van der Waals surface area contributed by atoms with E-state index in [4.69, 9.17) is 0 Å². The number of amides is 1. The number of halogens is 1. The summed E-state index contributed by atoms with van der Waals surface area (Å²) in [5.74, 6) is -0.648. The number of hydrogen-bond donors (Lipinski definition) is 0. The maximum Gasteiger partial charge on any atom is 0.267 e. The van der Waals surface area contributed by atoms with Crippen molar-refractivity contribution in [2.45, 2.75) is 18.2 Å². The lowest BCUT2D eigenvalue weighted by molar-refractivity contribution is 0.0701. The van der Waals surface area contributed by atoms with Gasteiger partial charge in [0.15, 0.2) is 0 Å². The van der Waals surface area contributed by atoms with Crippen molar-refractivity contribution in [2.24, 2.45) is 0 Å². The van der Waals surface area contributed by atoms with Gasteiger partial charge in [-0.15, -0.1) is 5.10 Å². The molecule has 0 bridgehead atoms. The van der Waals surface area contributed by atoms with Gasteiger partial charge in [-0.2, -0.15) is 4.31 Å². The van der Waals surface area contributed by atoms with Crippen molar-refractivity contribution in [3.63, 3.8) is 0 Å². The van der Waals surface area contributed by atoms with Crippen LogP contribution >= 0.6 is 11.5 Å². The van der Waals surface area contributed by atoms with Crippen molar-refractivity contribution >= 4 is 27.5 Å². The molecule has 1 aliphatic rings. The zero-order chi connectivity index (χ0) is 18.0. The number of benzene rings is 1. The van der Waals surface area contributed by atoms with Gasteiger partial charge in [-0.1, -0.05) is 11.4 Å². The van der Waals surface area contributed by atoms with Gasteiger partial charge in [-0.3, -0.25) is 4.79 Å². The predicted molar refractivity (Wildman–Crippen MR) is 90.3 cm³/mol. The van der Waals surface area contributed by atoms with Gasteiger partial charge in [-0.05, 0) is 42.2 Å². The van der Waals surface area contributed by atoms with Crippen LogP contribution in [0.3, 0.4) is 0 Å². The Kier molecular flexibility index (Phi) is 5.11. The van der Waals surface area contributed by atoms with E-state index in [0.29, 0.717) is 30.1 Å². The smallest absolute Gasteiger partial charge is 0.267 e. The number of rotatable bonds is 4. The maximum atomic E-state index is 13.0. The molecule has 2 aromatic rings. The topological polar surface area (TPSA) is 83.5 Å². The molecule has 134 valence electrons. The fourth-order valence-electron chi connectivity index (χ4n) is 2.63. The number of aromatic nitrogens is 2. The van der Waals surface area contributed by atoms with Crippen LogP contribution in [0, 0.1) is 5.82 Å². The van der Waals surface area contributed by atoms with Gasteiger partial charge in [0.25, 0.3) is 5.91 Å². The third kappa shape index (κ3) is 3.55. The normalized spacial score (nSPS) is 16.2. The van der Waals surface area contributed by atoms with Crippen LogP contribution < -0.4 is 0 Å². The number of carbonyl (C=O) groups is 1. The number of nitrogens with zero attached hydrogens (tertiary/aromatic N) is 4. The van der Waals surface area contributed by atoms with Gasteiger partial charge in [0, 0.05) is 26.2 Å². The molecule has 0 unspecified atom stereocenters. The van der Waals surface area contributed by atoms with Crippen LogP contribution in [0.2, 0.25) is 0 Å². The molecule has 7 nitrogen and oxygen atoms in total. The monoisotopic (exact) mass is 384 g/mol. The Morgan fingerprint density at radius 3 is 2.44 bits per heavy atom. The summed E-state index contributed by atoms with van der Waals surface area (Å²) in [5.41, 5.74) is 0.663. The molecule has 1 amide bonds. The lowest BCUT2D eigenvalue weighted by atomic mass is 10.2. The first-order chi connectivity index (χ1) is 11.9. The molecule has 1 saturated heterocycles. The molecule has 25 heavy (non-hydrogen) atoms. The Balaban J connectivity index is 1.69. The van der Waals surface area contributed by atoms with Gasteiger partial charge < -0.3 is 4.90 Å². The number of sulfonamides is 1. The lowest BCUT2D eigenvalue weighted by Gasteiger charge is -2.33. The highest BCUT2D eigenvalue weighted by Crippen LogP contribution is 2.20. The largest absolute Gasteiger partial charge is 0.335 e. The van der Waals surface area contributed by atoms with Crippen LogP contribution in [0.15, 0.2) is 29.2 Å². The molecule has 1 aromatic heterocycles. The fourth-order valence-corrected chi connectivity index (χ4v) is 4.77. The number of carbonyl (C=O) groups excluding carboxylic acids is 1. The molecular formula is C15H17FN4O3S2. The van der Waals surface area contributed by atoms with Gasteiger partial charge in [0.2, 0.25) is 10.0 Å². The highest BCUT2D eigenvalue weighted by atomic mass is 32.2. The van der Waals surface area contributed by atoms with E-state index in [2.05, 4.69) is 9.59 Å². The first-order valence-electron chi connectivity index (χ1n) is 7.79. The molecule has 3 rings (SSSR count). The van der Waals surface area contributed by atoms with Crippen LogP contribution in [-0.4, -0.2) is 59.3 Å². The quantitative estimate of drug-likeness (QED) is 0.795. The minimum Gasteiger partial charge on any atom is -0.335 e. The number of aryl methyl sites for hydroxylation is 1. The van der Waals surface area contributed by atoms with Crippen LogP contribution in [0.5, 0.6) is 0 Å². The second-order valence-corrected chi connectivity index (χ2v) is 8.24. The number of hydrogen-bond acceptors (Lipinski definition) is 6. The Hall–Kier alpha value is -1.91. The van der Waals surface area contributed by atoms with Gasteiger partial charge >= 0.3 is 0 Å². The summed E-state index contributed by atoms with van der Waals surface area (Å²) in [7, 11) is -3.69. The third-order valence-electron chi connectivity index (χ3n) is 4.06. The maximum absolute atomic E-state index is 13.0. The van der Waals surface area contributed by atoms with E-state index in [9.17, 15) is 17.6 Å². The van der Waals surface area contributed by atoms with Gasteiger partial charge in [0.1, 0.15) is 10.7 Å². The summed E-state index contributed by atoms with van der Waals surface area (Å²) in [6.07, 6.45) is 0.622. The molecule has 0 aliphatic carbocycles. The molecule has 0 radical (unpaired) electrons. The Morgan fingerprint density at radius 2 is 1.84 bits per heavy atom. The molecule has 1 fully saturated rings. The fraction of sp³-hybridized carbons (Fsp3) is 0.400. The van der Waals surface area contributed by atoms with Crippen molar-refractivity contribution in [1.29, 1.82) is 0 Å². The molecule has 0 atom stereocenters. The second kappa shape index (κ2) is 7.14. The Morgan fingerprint density at radius 1 is 1.20 bits per heavy atom. The molecular weight excluding hydrogens is 367 g/mol. The molecule has 2 heterocycles. The average Bonchev–Trinajstić information content (AvgIpc) is 3.10. The van der Waals surface area contributed by atoms with E-state index in [0.717, 1.165) is 23.7 Å². The van der Waals surface area contributed by atoms with Crippen LogP contribution in [0.1, 0.15) is 22.3 Å². The van der Waals surface area contributed by atoms with E-state index in [1.54, 1.807) is 4.90 Å². The van der Waals surface area contributed by atoms with Gasteiger partial charge in [-0.25, -0.2) is 12.8 Å². The predicted octanol–water partition coefficient (Wildman–Crippen LogP) is 1.39. The minimum atomic E-state index is -3.69. The lowest BCUT2D eigenvalue weighted by Crippen LogP contribution is -2.50. The van der Waals surface area contributed by atoms with E-state index < -0.39 is 15.8 Å². The van der Waals surface area contributed by atoms with Crippen LogP contribution in [-0.2, 0) is 16.4 Å². The average molecular weight is 384 g/mol. The molecule has 0 N–H and O–H groups in total. The summed E-state index contributed by atoms with van der Waals surface area (Å²) >= 11 is 1.06. The van der Waals surface area contributed by atoms with E-state index >= 15 is 0 Å². The molecule has 0 spiro atoms. The highest BCUT2D eigenvalue weighted by Gasteiger charge is 2.31. The molecule has 1 aromatic carbocycles. The summed E-state index contributed by atoms with van der Waals surface area (Å²) < 4.78 is 43.3. The van der Waals surface area contributed by atoms with E-state index in [1.165, 1.54) is 16.4 Å². The van der Waals surface area contributed by atoms with Crippen molar-refractivity contribution < 1.29 is 17.6 Å². The summed E-state index contributed by atoms with van der Waals surface area (Å²) in [4.78, 5) is 14.7. The summed E-state index contributed by atoms with van der Waals surface area (Å²) in [6.45, 7) is 2.87. The van der Waals surface area contributed by atoms with Crippen LogP contribution in [0.25, 0.3) is 0 Å². The summed E-state index contributed by atoms with van der Waals surface area (Å²) in [5, 5.41) is 3.94. The Bertz CT molecular complexity index is 859. The molecule has 10 heteroatoms. The van der Waals surface area contributed by atoms with E-state index in [-0.39, 0.29) is 23.9 Å².